The molecule has 0 bridgehead atoms. The summed E-state index contributed by atoms with van der Waals surface area (Å²) in [5.74, 6) is 0.730. The fraction of sp³-hybridized carbons (Fsp3) is 0.318. The van der Waals surface area contributed by atoms with E-state index in [1.54, 1.807) is 29.7 Å². The first-order chi connectivity index (χ1) is 14.2. The Morgan fingerprint density at radius 1 is 1.03 bits per heavy atom. The summed E-state index contributed by atoms with van der Waals surface area (Å²) >= 11 is 1.69. The van der Waals surface area contributed by atoms with Gasteiger partial charge in [0.25, 0.3) is 0 Å². The highest BCUT2D eigenvalue weighted by molar-refractivity contribution is 7.09. The number of anilines is 1. The molecule has 7 heteroatoms. The van der Waals surface area contributed by atoms with E-state index in [1.165, 1.54) is 10.9 Å². The Balaban J connectivity index is 1.35. The largest absolute Gasteiger partial charge is 0.468 e. The van der Waals surface area contributed by atoms with Crippen molar-refractivity contribution in [3.05, 3.63) is 76.6 Å². The second-order valence-corrected chi connectivity index (χ2v) is 8.16. The third-order valence-corrected chi connectivity index (χ3v) is 5.96. The summed E-state index contributed by atoms with van der Waals surface area (Å²) in [7, 11) is 0. The summed E-state index contributed by atoms with van der Waals surface area (Å²) in [5, 5.41) is 2.05. The minimum atomic E-state index is -0.215. The van der Waals surface area contributed by atoms with Gasteiger partial charge in [0.05, 0.1) is 25.0 Å². The molecule has 1 fully saturated rings. The summed E-state index contributed by atoms with van der Waals surface area (Å²) in [6.45, 7) is 4.09. The van der Waals surface area contributed by atoms with Crippen molar-refractivity contribution in [3.63, 3.8) is 0 Å². The average Bonchev–Trinajstić information content (AvgIpc) is 3.43. The van der Waals surface area contributed by atoms with Crippen LogP contribution in [0.2, 0.25) is 0 Å². The van der Waals surface area contributed by atoms with Crippen molar-refractivity contribution in [1.29, 1.82) is 0 Å². The molecule has 4 rings (SSSR count). The van der Waals surface area contributed by atoms with Gasteiger partial charge in [-0.25, -0.2) is 4.39 Å². The van der Waals surface area contributed by atoms with E-state index in [1.807, 2.05) is 39.4 Å². The molecule has 1 saturated heterocycles. The quantitative estimate of drug-likeness (QED) is 0.590. The number of hydrogen-bond donors (Lipinski definition) is 0. The predicted octanol–water partition coefficient (Wildman–Crippen LogP) is 3.83. The molecule has 2 aromatic heterocycles. The lowest BCUT2D eigenvalue weighted by Gasteiger charge is -2.37. The molecule has 1 aromatic carbocycles. The molecule has 1 aliphatic heterocycles. The van der Waals surface area contributed by atoms with Crippen molar-refractivity contribution in [2.24, 2.45) is 0 Å². The van der Waals surface area contributed by atoms with Gasteiger partial charge < -0.3 is 14.2 Å². The minimum absolute atomic E-state index is 0.0984. The highest BCUT2D eigenvalue weighted by Gasteiger charge is 2.24. The number of hydrogen-bond acceptors (Lipinski definition) is 5. The van der Waals surface area contributed by atoms with Gasteiger partial charge in [-0.15, -0.1) is 11.3 Å². The molecule has 1 aliphatic rings. The number of benzene rings is 1. The van der Waals surface area contributed by atoms with E-state index in [0.717, 1.165) is 5.76 Å². The third-order valence-electron chi connectivity index (χ3n) is 5.10. The average molecular weight is 414 g/mol. The zero-order chi connectivity index (χ0) is 20.1. The SMILES string of the molecule is O=C(CN(Cc1ccco1)Cc1cccs1)N1CCN(c2ccccc2F)CC1. The summed E-state index contributed by atoms with van der Waals surface area (Å²) in [4.78, 5) is 20.1. The van der Waals surface area contributed by atoms with Crippen LogP contribution in [-0.2, 0) is 17.9 Å². The van der Waals surface area contributed by atoms with E-state index in [9.17, 15) is 9.18 Å². The van der Waals surface area contributed by atoms with Crippen molar-refractivity contribution in [2.45, 2.75) is 13.1 Å². The van der Waals surface area contributed by atoms with E-state index in [4.69, 9.17) is 4.42 Å². The van der Waals surface area contributed by atoms with Gasteiger partial charge in [0.1, 0.15) is 11.6 Å². The number of para-hydroxylation sites is 1. The van der Waals surface area contributed by atoms with Crippen LogP contribution in [0.15, 0.2) is 64.6 Å². The molecule has 0 atom stereocenters. The molecule has 0 aliphatic carbocycles. The molecule has 0 radical (unpaired) electrons. The van der Waals surface area contributed by atoms with Gasteiger partial charge >= 0.3 is 0 Å². The van der Waals surface area contributed by atoms with E-state index in [-0.39, 0.29) is 11.7 Å². The molecule has 5 nitrogen and oxygen atoms in total. The first kappa shape index (κ1) is 19.7. The van der Waals surface area contributed by atoms with Crippen LogP contribution in [0.25, 0.3) is 0 Å². The number of halogens is 1. The number of thiophene rings is 1. The zero-order valence-corrected chi connectivity index (χ0v) is 17.0. The van der Waals surface area contributed by atoms with E-state index in [2.05, 4.69) is 11.0 Å². The number of nitrogens with zero attached hydrogens (tertiary/aromatic N) is 3. The van der Waals surface area contributed by atoms with E-state index >= 15 is 0 Å². The summed E-state index contributed by atoms with van der Waals surface area (Å²) in [6.07, 6.45) is 1.66. The smallest absolute Gasteiger partial charge is 0.236 e. The summed E-state index contributed by atoms with van der Waals surface area (Å²) < 4.78 is 19.5. The molecule has 0 unspecified atom stereocenters. The van der Waals surface area contributed by atoms with Crippen molar-refractivity contribution in [3.8, 4) is 0 Å². The van der Waals surface area contributed by atoms with Crippen LogP contribution >= 0.6 is 11.3 Å². The predicted molar refractivity (Wildman–Crippen MR) is 112 cm³/mol. The molecular weight excluding hydrogens is 389 g/mol. The van der Waals surface area contributed by atoms with Gasteiger partial charge in [-0.05, 0) is 35.7 Å². The van der Waals surface area contributed by atoms with Gasteiger partial charge in [-0.1, -0.05) is 18.2 Å². The van der Waals surface area contributed by atoms with Crippen molar-refractivity contribution in [1.82, 2.24) is 9.80 Å². The first-order valence-electron chi connectivity index (χ1n) is 9.73. The van der Waals surface area contributed by atoms with Crippen molar-refractivity contribution in [2.75, 3.05) is 37.6 Å². The fourth-order valence-electron chi connectivity index (χ4n) is 3.61. The number of piperazine rings is 1. The van der Waals surface area contributed by atoms with Crippen LogP contribution in [0.5, 0.6) is 0 Å². The first-order valence-corrected chi connectivity index (χ1v) is 10.6. The standard InChI is InChI=1S/C22H24FN3O2S/c23-20-7-1-2-8-21(20)25-9-11-26(12-10-25)22(27)17-24(15-18-5-3-13-28-18)16-19-6-4-14-29-19/h1-8,13-14H,9-12,15-17H2. The maximum absolute atomic E-state index is 14.0. The zero-order valence-electron chi connectivity index (χ0n) is 16.2. The van der Waals surface area contributed by atoms with Crippen LogP contribution in [0, 0.1) is 5.82 Å². The Morgan fingerprint density at radius 2 is 1.86 bits per heavy atom. The van der Waals surface area contributed by atoms with E-state index in [0.29, 0.717) is 51.5 Å². The number of amides is 1. The van der Waals surface area contributed by atoms with E-state index < -0.39 is 0 Å². The van der Waals surface area contributed by atoms with Gasteiger partial charge in [-0.2, -0.15) is 0 Å². The highest BCUT2D eigenvalue weighted by Crippen LogP contribution is 2.20. The Morgan fingerprint density at radius 3 is 2.55 bits per heavy atom. The Kier molecular flexibility index (Phi) is 6.27. The number of carbonyl (C=O) groups excluding carboxylic acids is 1. The maximum atomic E-state index is 14.0. The van der Waals surface area contributed by atoms with Crippen LogP contribution in [0.1, 0.15) is 10.6 Å². The second-order valence-electron chi connectivity index (χ2n) is 7.12. The molecule has 152 valence electrons. The summed E-state index contributed by atoms with van der Waals surface area (Å²) in [5.41, 5.74) is 0.608. The monoisotopic (exact) mass is 413 g/mol. The molecule has 0 saturated carbocycles. The molecular formula is C22H24FN3O2S. The lowest BCUT2D eigenvalue weighted by atomic mass is 10.2. The van der Waals surface area contributed by atoms with Gasteiger partial charge in [0, 0.05) is 37.6 Å². The second kappa shape index (κ2) is 9.24. The molecule has 3 heterocycles. The molecule has 3 aromatic rings. The number of furan rings is 1. The van der Waals surface area contributed by atoms with Gasteiger partial charge in [0.2, 0.25) is 5.91 Å². The topological polar surface area (TPSA) is 39.9 Å². The Bertz CT molecular complexity index is 870. The van der Waals surface area contributed by atoms with Gasteiger partial charge in [-0.3, -0.25) is 9.69 Å². The Hall–Kier alpha value is -2.64. The Labute approximate surface area is 174 Å². The maximum Gasteiger partial charge on any atom is 0.236 e. The summed E-state index contributed by atoms with van der Waals surface area (Å²) in [6, 6.07) is 14.7. The number of carbonyl (C=O) groups is 1. The minimum Gasteiger partial charge on any atom is -0.468 e. The molecule has 0 spiro atoms. The number of rotatable bonds is 7. The molecule has 1 amide bonds. The lowest BCUT2D eigenvalue weighted by molar-refractivity contribution is -0.133. The lowest BCUT2D eigenvalue weighted by Crippen LogP contribution is -2.51. The normalized spacial score (nSPS) is 14.6. The van der Waals surface area contributed by atoms with Crippen LogP contribution in [0.3, 0.4) is 0 Å². The van der Waals surface area contributed by atoms with Crippen molar-refractivity contribution >= 4 is 22.9 Å². The van der Waals surface area contributed by atoms with Crippen LogP contribution in [-0.4, -0.2) is 48.4 Å². The van der Waals surface area contributed by atoms with Crippen LogP contribution in [0.4, 0.5) is 10.1 Å². The third kappa shape index (κ3) is 5.05. The highest BCUT2D eigenvalue weighted by atomic mass is 32.1. The molecule has 29 heavy (non-hydrogen) atoms. The van der Waals surface area contributed by atoms with Gasteiger partial charge in [0.15, 0.2) is 0 Å². The fourth-order valence-corrected chi connectivity index (χ4v) is 4.36. The van der Waals surface area contributed by atoms with Crippen molar-refractivity contribution < 1.29 is 13.6 Å². The molecule has 0 N–H and O–H groups in total. The van der Waals surface area contributed by atoms with Crippen LogP contribution < -0.4 is 4.90 Å².